The van der Waals surface area contributed by atoms with Gasteiger partial charge < -0.3 is 9.84 Å². The minimum absolute atomic E-state index is 0.00788. The van der Waals surface area contributed by atoms with Gasteiger partial charge in [0.1, 0.15) is 5.76 Å². The number of aromatic nitrogens is 1. The molecule has 1 aliphatic rings. The standard InChI is InChI=1S/C20H27N3O2/c1-15-19(16(2)25-22-15)6-5-11-21-20(24)18-9-7-17(8-10-18)14-23-12-3-4-13-23/h7-10H,3-6,11-14H2,1-2H3,(H,21,24). The highest BCUT2D eigenvalue weighted by atomic mass is 16.5. The molecule has 1 amide bonds. The van der Waals surface area contributed by atoms with Gasteiger partial charge in [-0.15, -0.1) is 0 Å². The van der Waals surface area contributed by atoms with Gasteiger partial charge in [-0.25, -0.2) is 0 Å². The second-order valence-corrected chi connectivity index (χ2v) is 6.84. The first kappa shape index (κ1) is 17.7. The summed E-state index contributed by atoms with van der Waals surface area (Å²) in [6.07, 6.45) is 4.35. The van der Waals surface area contributed by atoms with Crippen LogP contribution in [0.15, 0.2) is 28.8 Å². The molecule has 5 nitrogen and oxygen atoms in total. The van der Waals surface area contributed by atoms with Crippen molar-refractivity contribution in [3.8, 4) is 0 Å². The van der Waals surface area contributed by atoms with Crippen LogP contribution in [0.5, 0.6) is 0 Å². The third-order valence-corrected chi connectivity index (χ3v) is 4.89. The zero-order valence-corrected chi connectivity index (χ0v) is 15.2. The Morgan fingerprint density at radius 1 is 1.20 bits per heavy atom. The van der Waals surface area contributed by atoms with Gasteiger partial charge in [0.05, 0.1) is 5.69 Å². The lowest BCUT2D eigenvalue weighted by molar-refractivity contribution is 0.0953. The van der Waals surface area contributed by atoms with Crippen LogP contribution in [0, 0.1) is 13.8 Å². The molecule has 1 fully saturated rings. The Balaban J connectivity index is 1.43. The molecule has 1 saturated heterocycles. The smallest absolute Gasteiger partial charge is 0.251 e. The highest BCUT2D eigenvalue weighted by Gasteiger charge is 2.12. The number of rotatable bonds is 7. The summed E-state index contributed by atoms with van der Waals surface area (Å²) >= 11 is 0. The molecule has 0 unspecified atom stereocenters. The van der Waals surface area contributed by atoms with Gasteiger partial charge in [-0.2, -0.15) is 0 Å². The maximum absolute atomic E-state index is 12.2. The van der Waals surface area contributed by atoms with E-state index in [0.29, 0.717) is 6.54 Å². The fourth-order valence-corrected chi connectivity index (χ4v) is 3.39. The Bertz CT molecular complexity index is 681. The lowest BCUT2D eigenvalue weighted by atomic mass is 10.1. The maximum Gasteiger partial charge on any atom is 0.251 e. The van der Waals surface area contributed by atoms with Gasteiger partial charge in [0.25, 0.3) is 5.91 Å². The van der Waals surface area contributed by atoms with E-state index in [1.54, 1.807) is 0 Å². The molecule has 5 heteroatoms. The highest BCUT2D eigenvalue weighted by Crippen LogP contribution is 2.15. The number of hydrogen-bond donors (Lipinski definition) is 1. The van der Waals surface area contributed by atoms with Gasteiger partial charge in [-0.05, 0) is 70.3 Å². The summed E-state index contributed by atoms with van der Waals surface area (Å²) in [5.74, 6) is 0.865. The number of aryl methyl sites for hydroxylation is 2. The number of carbonyl (C=O) groups excluding carboxylic acids is 1. The van der Waals surface area contributed by atoms with Crippen molar-refractivity contribution < 1.29 is 9.32 Å². The molecular weight excluding hydrogens is 314 g/mol. The van der Waals surface area contributed by atoms with Crippen LogP contribution < -0.4 is 5.32 Å². The molecule has 3 rings (SSSR count). The van der Waals surface area contributed by atoms with E-state index < -0.39 is 0 Å². The summed E-state index contributed by atoms with van der Waals surface area (Å²) in [6, 6.07) is 7.98. The number of amides is 1. The Hall–Kier alpha value is -2.14. The highest BCUT2D eigenvalue weighted by molar-refractivity contribution is 5.94. The predicted octanol–water partition coefficient (Wildman–Crippen LogP) is 3.25. The summed E-state index contributed by atoms with van der Waals surface area (Å²) in [7, 11) is 0. The summed E-state index contributed by atoms with van der Waals surface area (Å²) in [5, 5.41) is 6.95. The van der Waals surface area contributed by atoms with Gasteiger partial charge in [-0.3, -0.25) is 9.69 Å². The topological polar surface area (TPSA) is 58.4 Å². The summed E-state index contributed by atoms with van der Waals surface area (Å²) < 4.78 is 5.16. The predicted molar refractivity (Wildman–Crippen MR) is 97.6 cm³/mol. The summed E-state index contributed by atoms with van der Waals surface area (Å²) in [6.45, 7) is 7.89. The molecule has 0 saturated carbocycles. The quantitative estimate of drug-likeness (QED) is 0.786. The number of hydrogen-bond acceptors (Lipinski definition) is 4. The van der Waals surface area contributed by atoms with Crippen molar-refractivity contribution in [1.82, 2.24) is 15.4 Å². The fraction of sp³-hybridized carbons (Fsp3) is 0.500. The molecule has 0 bridgehead atoms. The molecule has 1 aromatic carbocycles. The number of likely N-dealkylation sites (tertiary alicyclic amines) is 1. The lowest BCUT2D eigenvalue weighted by Gasteiger charge is -2.14. The minimum atomic E-state index is -0.00788. The number of carbonyl (C=O) groups is 1. The van der Waals surface area contributed by atoms with Crippen molar-refractivity contribution in [3.63, 3.8) is 0 Å². The third-order valence-electron chi connectivity index (χ3n) is 4.89. The van der Waals surface area contributed by atoms with Crippen molar-refractivity contribution in [2.75, 3.05) is 19.6 Å². The van der Waals surface area contributed by atoms with E-state index in [-0.39, 0.29) is 5.91 Å². The van der Waals surface area contributed by atoms with E-state index in [0.717, 1.165) is 42.0 Å². The van der Waals surface area contributed by atoms with Gasteiger partial charge in [0, 0.05) is 24.2 Å². The van der Waals surface area contributed by atoms with Crippen LogP contribution in [0.2, 0.25) is 0 Å². The Morgan fingerprint density at radius 3 is 2.56 bits per heavy atom. The molecule has 1 N–H and O–H groups in total. The third kappa shape index (κ3) is 4.69. The summed E-state index contributed by atoms with van der Waals surface area (Å²) in [4.78, 5) is 14.7. The van der Waals surface area contributed by atoms with Crippen molar-refractivity contribution in [1.29, 1.82) is 0 Å². The normalized spacial score (nSPS) is 14.8. The molecule has 25 heavy (non-hydrogen) atoms. The maximum atomic E-state index is 12.2. The Labute approximate surface area is 149 Å². The molecule has 2 aromatic rings. The number of nitrogens with one attached hydrogen (secondary N) is 1. The Morgan fingerprint density at radius 2 is 1.92 bits per heavy atom. The van der Waals surface area contributed by atoms with Crippen LogP contribution in [-0.4, -0.2) is 35.6 Å². The zero-order chi connectivity index (χ0) is 17.6. The van der Waals surface area contributed by atoms with Crippen LogP contribution >= 0.6 is 0 Å². The van der Waals surface area contributed by atoms with E-state index in [1.807, 2.05) is 26.0 Å². The first-order chi connectivity index (χ1) is 12.1. The largest absolute Gasteiger partial charge is 0.361 e. The fourth-order valence-electron chi connectivity index (χ4n) is 3.39. The first-order valence-electron chi connectivity index (χ1n) is 9.15. The van der Waals surface area contributed by atoms with E-state index in [2.05, 4.69) is 27.5 Å². The SMILES string of the molecule is Cc1noc(C)c1CCCNC(=O)c1ccc(CN2CCCC2)cc1. The van der Waals surface area contributed by atoms with Crippen molar-refractivity contribution >= 4 is 5.91 Å². The summed E-state index contributed by atoms with van der Waals surface area (Å²) in [5.41, 5.74) is 4.09. The zero-order valence-electron chi connectivity index (χ0n) is 15.2. The minimum Gasteiger partial charge on any atom is -0.361 e. The molecule has 0 aliphatic carbocycles. The van der Waals surface area contributed by atoms with E-state index in [1.165, 1.54) is 31.5 Å². The molecular formula is C20H27N3O2. The van der Waals surface area contributed by atoms with Crippen LogP contribution in [0.25, 0.3) is 0 Å². The van der Waals surface area contributed by atoms with Gasteiger partial charge in [-0.1, -0.05) is 17.3 Å². The van der Waals surface area contributed by atoms with Crippen molar-refractivity contribution in [2.24, 2.45) is 0 Å². The van der Waals surface area contributed by atoms with Crippen LogP contribution in [0.1, 0.15) is 52.2 Å². The molecule has 0 radical (unpaired) electrons. The van der Waals surface area contributed by atoms with E-state index >= 15 is 0 Å². The molecule has 134 valence electrons. The second-order valence-electron chi connectivity index (χ2n) is 6.84. The number of benzene rings is 1. The Kier molecular flexibility index (Phi) is 5.87. The average molecular weight is 341 g/mol. The van der Waals surface area contributed by atoms with E-state index in [4.69, 9.17) is 4.52 Å². The van der Waals surface area contributed by atoms with Crippen LogP contribution in [-0.2, 0) is 13.0 Å². The first-order valence-corrected chi connectivity index (χ1v) is 9.15. The molecule has 0 spiro atoms. The second kappa shape index (κ2) is 8.30. The van der Waals surface area contributed by atoms with E-state index in [9.17, 15) is 4.79 Å². The molecule has 0 atom stereocenters. The van der Waals surface area contributed by atoms with Gasteiger partial charge in [0.15, 0.2) is 0 Å². The van der Waals surface area contributed by atoms with Crippen LogP contribution in [0.4, 0.5) is 0 Å². The molecule has 1 aromatic heterocycles. The average Bonchev–Trinajstić information content (AvgIpc) is 3.23. The van der Waals surface area contributed by atoms with Gasteiger partial charge in [0.2, 0.25) is 0 Å². The van der Waals surface area contributed by atoms with Crippen LogP contribution in [0.3, 0.4) is 0 Å². The molecule has 1 aliphatic heterocycles. The van der Waals surface area contributed by atoms with Gasteiger partial charge >= 0.3 is 0 Å². The monoisotopic (exact) mass is 341 g/mol. The van der Waals surface area contributed by atoms with Crippen molar-refractivity contribution in [3.05, 3.63) is 52.4 Å². The number of nitrogens with zero attached hydrogens (tertiary/aromatic N) is 2. The molecule has 2 heterocycles. The van der Waals surface area contributed by atoms with Crippen molar-refractivity contribution in [2.45, 2.75) is 46.1 Å². The lowest BCUT2D eigenvalue weighted by Crippen LogP contribution is -2.25.